The van der Waals surface area contributed by atoms with E-state index < -0.39 is 5.97 Å². The largest absolute Gasteiger partial charge is 0.480 e. The highest BCUT2D eigenvalue weighted by atomic mass is 16.4. The van der Waals surface area contributed by atoms with Gasteiger partial charge in [-0.05, 0) is 5.92 Å². The molecule has 0 bridgehead atoms. The van der Waals surface area contributed by atoms with E-state index in [1.54, 1.807) is 10.9 Å². The average Bonchev–Trinajstić information content (AvgIpc) is 2.49. The van der Waals surface area contributed by atoms with E-state index in [4.69, 9.17) is 5.11 Å². The number of hydrogen-bond acceptors (Lipinski definition) is 4. The van der Waals surface area contributed by atoms with E-state index in [0.717, 1.165) is 12.4 Å². The third kappa shape index (κ3) is 3.98. The molecular formula is C10H18N4O2. The second kappa shape index (κ2) is 5.60. The van der Waals surface area contributed by atoms with Gasteiger partial charge in [-0.2, -0.15) is 0 Å². The number of aliphatic carboxylic acids is 1. The first-order valence-electron chi connectivity index (χ1n) is 5.26. The molecule has 90 valence electrons. The van der Waals surface area contributed by atoms with Crippen molar-refractivity contribution in [1.29, 1.82) is 0 Å². The zero-order valence-electron chi connectivity index (χ0n) is 9.92. The lowest BCUT2D eigenvalue weighted by molar-refractivity contribution is -0.138. The van der Waals surface area contributed by atoms with Gasteiger partial charge in [-0.15, -0.1) is 10.2 Å². The Morgan fingerprint density at radius 1 is 1.62 bits per heavy atom. The molecule has 0 spiro atoms. The summed E-state index contributed by atoms with van der Waals surface area (Å²) in [7, 11) is 1.85. The molecule has 0 unspecified atom stereocenters. The molecule has 0 aliphatic carbocycles. The van der Waals surface area contributed by atoms with Gasteiger partial charge in [0.15, 0.2) is 0 Å². The molecule has 6 heteroatoms. The molecule has 6 nitrogen and oxygen atoms in total. The lowest BCUT2D eigenvalue weighted by Gasteiger charge is -2.21. The van der Waals surface area contributed by atoms with Crippen LogP contribution >= 0.6 is 0 Å². The van der Waals surface area contributed by atoms with Gasteiger partial charge in [0.25, 0.3) is 0 Å². The van der Waals surface area contributed by atoms with E-state index >= 15 is 0 Å². The van der Waals surface area contributed by atoms with Gasteiger partial charge in [0, 0.05) is 13.6 Å². The van der Waals surface area contributed by atoms with E-state index in [2.05, 4.69) is 24.0 Å². The monoisotopic (exact) mass is 226 g/mol. The quantitative estimate of drug-likeness (QED) is 0.758. The van der Waals surface area contributed by atoms with Crippen LogP contribution in [0.25, 0.3) is 0 Å². The maximum Gasteiger partial charge on any atom is 0.317 e. The predicted octanol–water partition coefficient (Wildman–Crippen LogP) is 0.358. The van der Waals surface area contributed by atoms with Gasteiger partial charge >= 0.3 is 5.97 Å². The van der Waals surface area contributed by atoms with Crippen molar-refractivity contribution in [1.82, 2.24) is 19.7 Å². The first-order chi connectivity index (χ1) is 7.49. The standard InChI is InChI=1S/C10H18N4O2/c1-8(2)4-14(6-10(15)16)5-9-12-11-7-13(9)3/h7-8H,4-6H2,1-3H3,(H,15,16). The first kappa shape index (κ1) is 12.6. The summed E-state index contributed by atoms with van der Waals surface area (Å²) in [5.74, 6) is 0.386. The van der Waals surface area contributed by atoms with Crippen LogP contribution in [0, 0.1) is 5.92 Å². The second-order valence-electron chi connectivity index (χ2n) is 4.32. The van der Waals surface area contributed by atoms with Gasteiger partial charge < -0.3 is 9.67 Å². The highest BCUT2D eigenvalue weighted by Crippen LogP contribution is 2.04. The summed E-state index contributed by atoms with van der Waals surface area (Å²) in [5, 5.41) is 16.5. The maximum atomic E-state index is 10.7. The molecule has 0 saturated heterocycles. The van der Waals surface area contributed by atoms with E-state index in [1.807, 2.05) is 11.9 Å². The smallest absolute Gasteiger partial charge is 0.317 e. The Morgan fingerprint density at radius 3 is 2.75 bits per heavy atom. The number of rotatable bonds is 6. The molecule has 0 aromatic carbocycles. The molecule has 1 aromatic heterocycles. The van der Waals surface area contributed by atoms with Crippen molar-refractivity contribution in [3.8, 4) is 0 Å². The predicted molar refractivity (Wildman–Crippen MR) is 58.8 cm³/mol. The van der Waals surface area contributed by atoms with Crippen LogP contribution in [0.5, 0.6) is 0 Å². The lowest BCUT2D eigenvalue weighted by atomic mass is 10.2. The van der Waals surface area contributed by atoms with Crippen molar-refractivity contribution in [3.63, 3.8) is 0 Å². The normalized spacial score (nSPS) is 11.3. The number of aryl methyl sites for hydroxylation is 1. The Morgan fingerprint density at radius 2 is 2.31 bits per heavy atom. The van der Waals surface area contributed by atoms with Gasteiger partial charge in [0.2, 0.25) is 0 Å². The summed E-state index contributed by atoms with van der Waals surface area (Å²) in [5.41, 5.74) is 0. The minimum absolute atomic E-state index is 0.0328. The van der Waals surface area contributed by atoms with Crippen LogP contribution in [0.3, 0.4) is 0 Å². The Bertz CT molecular complexity index is 348. The second-order valence-corrected chi connectivity index (χ2v) is 4.32. The van der Waals surface area contributed by atoms with Gasteiger partial charge in [-0.25, -0.2) is 0 Å². The number of hydrogen-bond donors (Lipinski definition) is 1. The molecule has 1 aromatic rings. The van der Waals surface area contributed by atoms with Crippen LogP contribution in [0.15, 0.2) is 6.33 Å². The van der Waals surface area contributed by atoms with Gasteiger partial charge in [-0.3, -0.25) is 9.69 Å². The highest BCUT2D eigenvalue weighted by molar-refractivity contribution is 5.69. The number of nitrogens with zero attached hydrogens (tertiary/aromatic N) is 4. The molecule has 0 saturated carbocycles. The molecule has 0 aliphatic heterocycles. The van der Waals surface area contributed by atoms with Crippen molar-refractivity contribution >= 4 is 5.97 Å². The van der Waals surface area contributed by atoms with E-state index in [-0.39, 0.29) is 6.54 Å². The van der Waals surface area contributed by atoms with E-state index in [1.165, 1.54) is 0 Å². The average molecular weight is 226 g/mol. The van der Waals surface area contributed by atoms with Crippen LogP contribution < -0.4 is 0 Å². The number of carboxylic acid groups (broad SMARTS) is 1. The van der Waals surface area contributed by atoms with Crippen molar-refractivity contribution in [2.24, 2.45) is 13.0 Å². The molecule has 1 N–H and O–H groups in total. The zero-order chi connectivity index (χ0) is 12.1. The molecule has 1 rings (SSSR count). The third-order valence-electron chi connectivity index (χ3n) is 2.15. The van der Waals surface area contributed by atoms with Crippen molar-refractivity contribution in [2.75, 3.05) is 13.1 Å². The summed E-state index contributed by atoms with van der Waals surface area (Å²) in [4.78, 5) is 12.6. The van der Waals surface area contributed by atoms with Crippen LogP contribution in [-0.2, 0) is 18.4 Å². The molecule has 16 heavy (non-hydrogen) atoms. The molecule has 0 amide bonds. The summed E-state index contributed by atoms with van der Waals surface area (Å²) < 4.78 is 1.80. The van der Waals surface area contributed by atoms with Crippen molar-refractivity contribution < 1.29 is 9.90 Å². The Kier molecular flexibility index (Phi) is 4.42. The number of aromatic nitrogens is 3. The number of carbonyl (C=O) groups is 1. The van der Waals surface area contributed by atoms with Crippen LogP contribution in [-0.4, -0.2) is 43.8 Å². The third-order valence-corrected chi connectivity index (χ3v) is 2.15. The summed E-state index contributed by atoms with van der Waals surface area (Å²) in [6.45, 7) is 5.40. The van der Waals surface area contributed by atoms with Gasteiger partial charge in [0.1, 0.15) is 12.2 Å². The SMILES string of the molecule is CC(C)CN(CC(=O)O)Cc1nncn1C. The Balaban J connectivity index is 2.62. The van der Waals surface area contributed by atoms with Crippen molar-refractivity contribution in [3.05, 3.63) is 12.2 Å². The molecule has 0 fully saturated rings. The molecular weight excluding hydrogens is 208 g/mol. The Hall–Kier alpha value is -1.43. The fourth-order valence-electron chi connectivity index (χ4n) is 1.54. The summed E-state index contributed by atoms with van der Waals surface area (Å²) in [6.07, 6.45) is 1.61. The van der Waals surface area contributed by atoms with Gasteiger partial charge in [-0.1, -0.05) is 13.8 Å². The minimum atomic E-state index is -0.817. The maximum absolute atomic E-state index is 10.7. The fraction of sp³-hybridized carbons (Fsp3) is 0.700. The molecule has 1 heterocycles. The lowest BCUT2D eigenvalue weighted by Crippen LogP contribution is -2.33. The topological polar surface area (TPSA) is 71.2 Å². The first-order valence-corrected chi connectivity index (χ1v) is 5.26. The fourth-order valence-corrected chi connectivity index (χ4v) is 1.54. The van der Waals surface area contributed by atoms with E-state index in [9.17, 15) is 4.79 Å². The summed E-state index contributed by atoms with van der Waals surface area (Å²) in [6, 6.07) is 0. The van der Waals surface area contributed by atoms with Crippen LogP contribution in [0.1, 0.15) is 19.7 Å². The van der Waals surface area contributed by atoms with Crippen LogP contribution in [0.4, 0.5) is 0 Å². The van der Waals surface area contributed by atoms with Crippen molar-refractivity contribution in [2.45, 2.75) is 20.4 Å². The van der Waals surface area contributed by atoms with E-state index in [0.29, 0.717) is 12.5 Å². The zero-order valence-corrected chi connectivity index (χ0v) is 9.92. The molecule has 0 aliphatic rings. The Labute approximate surface area is 94.9 Å². The van der Waals surface area contributed by atoms with Crippen LogP contribution in [0.2, 0.25) is 0 Å². The highest BCUT2D eigenvalue weighted by Gasteiger charge is 2.14. The molecule has 0 radical (unpaired) electrons. The minimum Gasteiger partial charge on any atom is -0.480 e. The summed E-state index contributed by atoms with van der Waals surface area (Å²) >= 11 is 0. The van der Waals surface area contributed by atoms with Gasteiger partial charge in [0.05, 0.1) is 13.1 Å². The number of carboxylic acids is 1. The molecule has 0 atom stereocenters.